The van der Waals surface area contributed by atoms with Crippen molar-refractivity contribution < 1.29 is 19.0 Å². The van der Waals surface area contributed by atoms with Gasteiger partial charge in [0.2, 0.25) is 5.91 Å². The van der Waals surface area contributed by atoms with Crippen LogP contribution in [0.4, 0.5) is 0 Å². The zero-order valence-corrected chi connectivity index (χ0v) is 14.3. The molecular formula is C19H25NO4. The fourth-order valence-electron chi connectivity index (χ4n) is 4.52. The lowest BCUT2D eigenvalue weighted by atomic mass is 9.70. The lowest BCUT2D eigenvalue weighted by molar-refractivity contribution is -0.202. The van der Waals surface area contributed by atoms with E-state index in [1.54, 1.807) is 7.11 Å². The highest BCUT2D eigenvalue weighted by Gasteiger charge is 2.55. The van der Waals surface area contributed by atoms with Gasteiger partial charge in [0.15, 0.2) is 5.79 Å². The average molecular weight is 331 g/mol. The van der Waals surface area contributed by atoms with Crippen molar-refractivity contribution >= 4 is 5.91 Å². The molecule has 1 aliphatic carbocycles. The lowest BCUT2D eigenvalue weighted by Gasteiger charge is -2.41. The Bertz CT molecular complexity index is 608. The van der Waals surface area contributed by atoms with Gasteiger partial charge in [-0.1, -0.05) is 12.1 Å². The Balaban J connectivity index is 1.47. The van der Waals surface area contributed by atoms with Gasteiger partial charge in [0.25, 0.3) is 0 Å². The van der Waals surface area contributed by atoms with Crippen LogP contribution in [-0.2, 0) is 20.8 Å². The van der Waals surface area contributed by atoms with Gasteiger partial charge in [0.05, 0.1) is 25.7 Å². The van der Waals surface area contributed by atoms with E-state index in [4.69, 9.17) is 14.2 Å². The maximum absolute atomic E-state index is 13.1. The van der Waals surface area contributed by atoms with Crippen molar-refractivity contribution in [3.05, 3.63) is 29.8 Å². The molecule has 4 rings (SSSR count). The second-order valence-corrected chi connectivity index (χ2v) is 7.24. The second kappa shape index (κ2) is 6.05. The molecule has 0 radical (unpaired) electrons. The molecule has 3 fully saturated rings. The number of nitrogens with zero attached hydrogens (tertiary/aromatic N) is 1. The van der Waals surface area contributed by atoms with Gasteiger partial charge in [-0.25, -0.2) is 0 Å². The van der Waals surface area contributed by atoms with E-state index in [1.165, 1.54) is 0 Å². The van der Waals surface area contributed by atoms with Crippen LogP contribution in [0.3, 0.4) is 0 Å². The van der Waals surface area contributed by atoms with Gasteiger partial charge in [0, 0.05) is 25.9 Å². The first-order valence-electron chi connectivity index (χ1n) is 8.85. The number of hydrogen-bond acceptors (Lipinski definition) is 4. The van der Waals surface area contributed by atoms with Crippen molar-refractivity contribution in [1.29, 1.82) is 0 Å². The van der Waals surface area contributed by atoms with Gasteiger partial charge in [-0.05, 0) is 37.0 Å². The van der Waals surface area contributed by atoms with Crippen LogP contribution in [0.25, 0.3) is 0 Å². The smallest absolute Gasteiger partial charge is 0.229 e. The molecule has 1 amide bonds. The minimum absolute atomic E-state index is 0.275. The summed E-state index contributed by atoms with van der Waals surface area (Å²) < 4.78 is 17.0. The fourth-order valence-corrected chi connectivity index (χ4v) is 4.52. The quantitative estimate of drug-likeness (QED) is 0.854. The van der Waals surface area contributed by atoms with Gasteiger partial charge in [-0.15, -0.1) is 0 Å². The highest BCUT2D eigenvalue weighted by molar-refractivity contribution is 5.85. The van der Waals surface area contributed by atoms with Crippen molar-refractivity contribution in [2.75, 3.05) is 26.9 Å². The molecule has 5 nitrogen and oxygen atoms in total. The van der Waals surface area contributed by atoms with Crippen LogP contribution in [0, 0.1) is 5.41 Å². The molecule has 1 aromatic carbocycles. The van der Waals surface area contributed by atoms with Crippen LogP contribution in [0.2, 0.25) is 0 Å². The third kappa shape index (κ3) is 2.70. The van der Waals surface area contributed by atoms with E-state index in [2.05, 4.69) is 0 Å². The largest absolute Gasteiger partial charge is 0.497 e. The normalized spacial score (nSPS) is 28.9. The summed E-state index contributed by atoms with van der Waals surface area (Å²) in [6.45, 7) is 2.79. The van der Waals surface area contributed by atoms with Crippen LogP contribution in [0.5, 0.6) is 5.75 Å². The first-order chi connectivity index (χ1) is 11.6. The van der Waals surface area contributed by atoms with Crippen molar-refractivity contribution in [2.24, 2.45) is 5.41 Å². The van der Waals surface area contributed by atoms with Crippen LogP contribution >= 0.6 is 0 Å². The maximum atomic E-state index is 13.1. The molecule has 2 saturated heterocycles. The first-order valence-corrected chi connectivity index (χ1v) is 8.85. The molecule has 2 aliphatic heterocycles. The van der Waals surface area contributed by atoms with E-state index in [-0.39, 0.29) is 11.3 Å². The number of carbonyl (C=O) groups is 1. The molecule has 130 valence electrons. The number of rotatable bonds is 3. The zero-order chi connectivity index (χ0) is 16.6. The van der Waals surface area contributed by atoms with Gasteiger partial charge in [-0.3, -0.25) is 4.79 Å². The van der Waals surface area contributed by atoms with Crippen LogP contribution < -0.4 is 4.74 Å². The average Bonchev–Trinajstić information content (AvgIpc) is 3.16. The minimum atomic E-state index is -0.496. The fraction of sp³-hybridized carbons (Fsp3) is 0.632. The van der Waals surface area contributed by atoms with E-state index in [9.17, 15) is 4.79 Å². The molecule has 1 saturated carbocycles. The van der Waals surface area contributed by atoms with E-state index in [1.807, 2.05) is 29.2 Å². The molecule has 3 aliphatic rings. The molecule has 2 spiro atoms. The Kier molecular flexibility index (Phi) is 4.01. The predicted octanol–water partition coefficient (Wildman–Crippen LogP) is 2.73. The van der Waals surface area contributed by atoms with Crippen molar-refractivity contribution in [3.63, 3.8) is 0 Å². The summed E-state index contributed by atoms with van der Waals surface area (Å²) in [7, 11) is 1.66. The van der Waals surface area contributed by atoms with Crippen LogP contribution in [-0.4, -0.2) is 43.5 Å². The molecule has 1 atom stereocenters. The summed E-state index contributed by atoms with van der Waals surface area (Å²) in [6, 6.07) is 7.95. The van der Waals surface area contributed by atoms with Gasteiger partial charge < -0.3 is 19.1 Å². The Morgan fingerprint density at radius 3 is 2.58 bits per heavy atom. The van der Waals surface area contributed by atoms with Crippen LogP contribution in [0.15, 0.2) is 24.3 Å². The number of carbonyl (C=O) groups excluding carboxylic acids is 1. The number of likely N-dealkylation sites (tertiary alicyclic amines) is 1. The highest BCUT2D eigenvalue weighted by Crippen LogP contribution is 2.51. The summed E-state index contributed by atoms with van der Waals surface area (Å²) in [5.41, 5.74) is 0.856. The maximum Gasteiger partial charge on any atom is 0.229 e. The number of hydrogen-bond donors (Lipinski definition) is 0. The predicted molar refractivity (Wildman–Crippen MR) is 88.6 cm³/mol. The Morgan fingerprint density at radius 1 is 1.12 bits per heavy atom. The summed E-state index contributed by atoms with van der Waals surface area (Å²) in [5.74, 6) is 0.619. The molecule has 2 heterocycles. The molecule has 1 aromatic rings. The number of ether oxygens (including phenoxy) is 3. The summed E-state index contributed by atoms with van der Waals surface area (Å²) in [6.07, 6.45) is 4.51. The standard InChI is InChI=1S/C19H25NO4/c1-22-16-5-3-15(4-6-16)13-20-10-9-18(17(20)21)7-2-8-19(14-18)23-11-12-24-19/h3-6H,2,7-14H2,1H3. The number of benzene rings is 1. The highest BCUT2D eigenvalue weighted by atomic mass is 16.7. The minimum Gasteiger partial charge on any atom is -0.497 e. The van der Waals surface area contributed by atoms with Crippen molar-refractivity contribution in [3.8, 4) is 5.75 Å². The third-order valence-corrected chi connectivity index (χ3v) is 5.77. The Morgan fingerprint density at radius 2 is 1.88 bits per heavy atom. The summed E-state index contributed by atoms with van der Waals surface area (Å²) >= 11 is 0. The van der Waals surface area contributed by atoms with Crippen molar-refractivity contribution in [1.82, 2.24) is 4.90 Å². The summed E-state index contributed by atoms with van der Waals surface area (Å²) in [5, 5.41) is 0. The Hall–Kier alpha value is -1.59. The van der Waals surface area contributed by atoms with E-state index >= 15 is 0 Å². The zero-order valence-electron chi connectivity index (χ0n) is 14.3. The van der Waals surface area contributed by atoms with Gasteiger partial charge in [-0.2, -0.15) is 0 Å². The molecule has 0 bridgehead atoms. The molecule has 1 unspecified atom stereocenters. The molecule has 0 aromatic heterocycles. The van der Waals surface area contributed by atoms with E-state index in [0.717, 1.165) is 50.0 Å². The SMILES string of the molecule is COc1ccc(CN2CCC3(CCCC4(C3)OCCO4)C2=O)cc1. The van der Waals surface area contributed by atoms with Crippen LogP contribution in [0.1, 0.15) is 37.7 Å². The van der Waals surface area contributed by atoms with Crippen molar-refractivity contribution in [2.45, 2.75) is 44.4 Å². The molecule has 5 heteroatoms. The first kappa shape index (κ1) is 15.9. The molecule has 24 heavy (non-hydrogen) atoms. The lowest BCUT2D eigenvalue weighted by Crippen LogP contribution is -2.46. The monoisotopic (exact) mass is 331 g/mol. The molecular weight excluding hydrogens is 306 g/mol. The summed E-state index contributed by atoms with van der Waals surface area (Å²) in [4.78, 5) is 15.1. The number of amides is 1. The molecule has 0 N–H and O–H groups in total. The Labute approximate surface area is 142 Å². The van der Waals surface area contributed by atoms with Gasteiger partial charge >= 0.3 is 0 Å². The third-order valence-electron chi connectivity index (χ3n) is 5.77. The number of methoxy groups -OCH3 is 1. The second-order valence-electron chi connectivity index (χ2n) is 7.24. The van der Waals surface area contributed by atoms with E-state index in [0.29, 0.717) is 19.8 Å². The topological polar surface area (TPSA) is 48.0 Å². The van der Waals surface area contributed by atoms with E-state index < -0.39 is 5.79 Å². The van der Waals surface area contributed by atoms with Gasteiger partial charge in [0.1, 0.15) is 5.75 Å².